The standard InChI is InChI=1S/C13H23NO3S/c1-9-4-3-5-12(10(9)2)14-13(15)11-6-7-18(16,17)8-11/h9-12H,3-8H2,1-2H3,(H,14,15). The van der Waals surface area contributed by atoms with E-state index in [-0.39, 0.29) is 29.4 Å². The normalized spacial score (nSPS) is 39.4. The summed E-state index contributed by atoms with van der Waals surface area (Å²) in [6.07, 6.45) is 3.90. The molecule has 0 bridgehead atoms. The van der Waals surface area contributed by atoms with Crippen molar-refractivity contribution in [2.75, 3.05) is 11.5 Å². The molecule has 1 amide bonds. The predicted molar refractivity (Wildman–Crippen MR) is 70.9 cm³/mol. The fraction of sp³-hybridized carbons (Fsp3) is 0.923. The summed E-state index contributed by atoms with van der Waals surface area (Å²) in [6, 6.07) is 0.226. The average molecular weight is 273 g/mol. The zero-order chi connectivity index (χ0) is 13.3. The molecule has 1 saturated carbocycles. The van der Waals surface area contributed by atoms with Crippen LogP contribution in [0.1, 0.15) is 39.5 Å². The monoisotopic (exact) mass is 273 g/mol. The molecule has 2 fully saturated rings. The van der Waals surface area contributed by atoms with E-state index in [1.165, 1.54) is 6.42 Å². The fourth-order valence-corrected chi connectivity index (χ4v) is 4.83. The zero-order valence-corrected chi connectivity index (χ0v) is 12.0. The molecule has 4 nitrogen and oxygen atoms in total. The van der Waals surface area contributed by atoms with Crippen molar-refractivity contribution >= 4 is 15.7 Å². The molecule has 104 valence electrons. The van der Waals surface area contributed by atoms with E-state index in [4.69, 9.17) is 0 Å². The molecule has 0 spiro atoms. The highest BCUT2D eigenvalue weighted by Gasteiger charge is 2.35. The molecule has 0 aromatic carbocycles. The Balaban J connectivity index is 1.91. The summed E-state index contributed by atoms with van der Waals surface area (Å²) >= 11 is 0. The Hall–Kier alpha value is -0.580. The molecule has 1 heterocycles. The number of carbonyl (C=O) groups excluding carboxylic acids is 1. The topological polar surface area (TPSA) is 63.2 Å². The molecule has 18 heavy (non-hydrogen) atoms. The summed E-state index contributed by atoms with van der Waals surface area (Å²) in [7, 11) is -2.97. The Morgan fingerprint density at radius 1 is 1.17 bits per heavy atom. The predicted octanol–water partition coefficient (Wildman–Crippen LogP) is 1.36. The van der Waals surface area contributed by atoms with Gasteiger partial charge in [-0.25, -0.2) is 8.42 Å². The van der Waals surface area contributed by atoms with E-state index in [1.807, 2.05) is 0 Å². The summed E-state index contributed by atoms with van der Waals surface area (Å²) in [5, 5.41) is 3.08. The van der Waals surface area contributed by atoms with Crippen molar-refractivity contribution < 1.29 is 13.2 Å². The van der Waals surface area contributed by atoms with Gasteiger partial charge >= 0.3 is 0 Å². The zero-order valence-electron chi connectivity index (χ0n) is 11.2. The Morgan fingerprint density at radius 2 is 1.89 bits per heavy atom. The van der Waals surface area contributed by atoms with Crippen LogP contribution in [0.4, 0.5) is 0 Å². The van der Waals surface area contributed by atoms with Crippen molar-refractivity contribution in [3.05, 3.63) is 0 Å². The van der Waals surface area contributed by atoms with E-state index >= 15 is 0 Å². The van der Waals surface area contributed by atoms with E-state index in [9.17, 15) is 13.2 Å². The molecule has 1 N–H and O–H groups in total. The van der Waals surface area contributed by atoms with Crippen molar-refractivity contribution in [1.82, 2.24) is 5.32 Å². The second kappa shape index (κ2) is 5.19. The minimum Gasteiger partial charge on any atom is -0.353 e. The van der Waals surface area contributed by atoms with E-state index < -0.39 is 9.84 Å². The fourth-order valence-electron chi connectivity index (χ4n) is 3.09. The number of rotatable bonds is 2. The summed E-state index contributed by atoms with van der Waals surface area (Å²) in [5.41, 5.74) is 0. The van der Waals surface area contributed by atoms with Crippen LogP contribution in [0.15, 0.2) is 0 Å². The lowest BCUT2D eigenvalue weighted by Gasteiger charge is -2.35. The molecule has 4 atom stereocenters. The third kappa shape index (κ3) is 3.05. The van der Waals surface area contributed by atoms with Crippen molar-refractivity contribution in [1.29, 1.82) is 0 Å². The highest BCUT2D eigenvalue weighted by atomic mass is 32.2. The highest BCUT2D eigenvalue weighted by Crippen LogP contribution is 2.30. The van der Waals surface area contributed by atoms with Crippen LogP contribution in [0.2, 0.25) is 0 Å². The Labute approximate surface area is 109 Å². The Kier molecular flexibility index (Phi) is 3.99. The van der Waals surface area contributed by atoms with Gasteiger partial charge in [-0.15, -0.1) is 0 Å². The van der Waals surface area contributed by atoms with E-state index in [0.29, 0.717) is 18.3 Å². The number of sulfone groups is 1. The first-order chi connectivity index (χ1) is 8.39. The molecule has 0 aromatic heterocycles. The number of nitrogens with one attached hydrogen (secondary N) is 1. The van der Waals surface area contributed by atoms with Gasteiger partial charge in [0.25, 0.3) is 0 Å². The van der Waals surface area contributed by atoms with Gasteiger partial charge in [-0.2, -0.15) is 0 Å². The number of amides is 1. The number of hydrogen-bond acceptors (Lipinski definition) is 3. The van der Waals surface area contributed by atoms with Gasteiger partial charge in [0.05, 0.1) is 17.4 Å². The summed E-state index contributed by atoms with van der Waals surface area (Å²) in [5.74, 6) is 0.954. The van der Waals surface area contributed by atoms with Crippen molar-refractivity contribution in [3.8, 4) is 0 Å². The first-order valence-electron chi connectivity index (χ1n) is 6.90. The SMILES string of the molecule is CC1CCCC(NC(=O)C2CCS(=O)(=O)C2)C1C. The second-order valence-corrected chi connectivity index (χ2v) is 8.21. The van der Waals surface area contributed by atoms with Crippen LogP contribution >= 0.6 is 0 Å². The molecule has 1 aliphatic carbocycles. The van der Waals surface area contributed by atoms with Gasteiger partial charge in [0.2, 0.25) is 5.91 Å². The lowest BCUT2D eigenvalue weighted by Crippen LogP contribution is -2.46. The molecule has 0 radical (unpaired) electrons. The Bertz CT molecular complexity index is 418. The maximum Gasteiger partial charge on any atom is 0.224 e. The van der Waals surface area contributed by atoms with Crippen LogP contribution in [0.5, 0.6) is 0 Å². The van der Waals surface area contributed by atoms with Gasteiger partial charge in [0.15, 0.2) is 9.84 Å². The van der Waals surface area contributed by atoms with Gasteiger partial charge in [-0.05, 0) is 24.7 Å². The lowest BCUT2D eigenvalue weighted by atomic mass is 9.78. The van der Waals surface area contributed by atoms with Crippen LogP contribution in [-0.2, 0) is 14.6 Å². The molecule has 2 aliphatic rings. The third-order valence-corrected chi connectivity index (χ3v) is 6.41. The Morgan fingerprint density at radius 3 is 2.50 bits per heavy atom. The van der Waals surface area contributed by atoms with Gasteiger partial charge in [-0.1, -0.05) is 26.7 Å². The van der Waals surface area contributed by atoms with Crippen LogP contribution in [-0.4, -0.2) is 31.9 Å². The van der Waals surface area contributed by atoms with Crippen molar-refractivity contribution in [2.24, 2.45) is 17.8 Å². The summed E-state index contributed by atoms with van der Waals surface area (Å²) in [6.45, 7) is 4.41. The van der Waals surface area contributed by atoms with Gasteiger partial charge in [-0.3, -0.25) is 4.79 Å². The minimum absolute atomic E-state index is 0.0372. The van der Waals surface area contributed by atoms with Gasteiger partial charge in [0, 0.05) is 6.04 Å². The number of hydrogen-bond donors (Lipinski definition) is 1. The lowest BCUT2D eigenvalue weighted by molar-refractivity contribution is -0.125. The van der Waals surface area contributed by atoms with E-state index in [0.717, 1.165) is 12.8 Å². The summed E-state index contributed by atoms with van der Waals surface area (Å²) in [4.78, 5) is 12.1. The average Bonchev–Trinajstić information content (AvgIpc) is 2.65. The maximum atomic E-state index is 12.1. The van der Waals surface area contributed by atoms with Crippen LogP contribution in [0, 0.1) is 17.8 Å². The first-order valence-corrected chi connectivity index (χ1v) is 8.72. The molecule has 2 rings (SSSR count). The largest absolute Gasteiger partial charge is 0.353 e. The third-order valence-electron chi connectivity index (χ3n) is 4.64. The summed E-state index contributed by atoms with van der Waals surface area (Å²) < 4.78 is 22.7. The quantitative estimate of drug-likeness (QED) is 0.826. The van der Waals surface area contributed by atoms with Crippen LogP contribution < -0.4 is 5.32 Å². The molecule has 1 aliphatic heterocycles. The molecule has 1 saturated heterocycles. The van der Waals surface area contributed by atoms with Gasteiger partial charge in [0.1, 0.15) is 0 Å². The van der Waals surface area contributed by atoms with Crippen molar-refractivity contribution in [3.63, 3.8) is 0 Å². The minimum atomic E-state index is -2.97. The molecule has 4 unspecified atom stereocenters. The smallest absolute Gasteiger partial charge is 0.224 e. The van der Waals surface area contributed by atoms with E-state index in [1.54, 1.807) is 0 Å². The molecular weight excluding hydrogens is 250 g/mol. The first kappa shape index (κ1) is 13.8. The molecule has 0 aromatic rings. The molecular formula is C13H23NO3S. The maximum absolute atomic E-state index is 12.1. The van der Waals surface area contributed by atoms with E-state index in [2.05, 4.69) is 19.2 Å². The van der Waals surface area contributed by atoms with Crippen LogP contribution in [0.25, 0.3) is 0 Å². The van der Waals surface area contributed by atoms with Crippen LogP contribution in [0.3, 0.4) is 0 Å². The van der Waals surface area contributed by atoms with Crippen molar-refractivity contribution in [2.45, 2.75) is 45.6 Å². The van der Waals surface area contributed by atoms with Gasteiger partial charge < -0.3 is 5.32 Å². The molecule has 5 heteroatoms. The highest BCUT2D eigenvalue weighted by molar-refractivity contribution is 7.91. The number of carbonyl (C=O) groups is 1. The second-order valence-electron chi connectivity index (χ2n) is 5.98.